The summed E-state index contributed by atoms with van der Waals surface area (Å²) in [6, 6.07) is 6.83. The van der Waals surface area contributed by atoms with Crippen LogP contribution in [-0.2, 0) is 4.79 Å². The fraction of sp³-hybridized carbons (Fsp3) is 0.333. The van der Waals surface area contributed by atoms with E-state index in [4.69, 9.17) is 5.73 Å². The Bertz CT molecular complexity index is 546. The molecule has 2 amide bonds. The van der Waals surface area contributed by atoms with Gasteiger partial charge in [0.05, 0.1) is 0 Å². The zero-order chi connectivity index (χ0) is 17.2. The third-order valence-corrected chi connectivity index (χ3v) is 3.23. The van der Waals surface area contributed by atoms with Gasteiger partial charge in [0.1, 0.15) is 0 Å². The summed E-state index contributed by atoms with van der Waals surface area (Å²) in [6.07, 6.45) is 4.37. The van der Waals surface area contributed by atoms with Crippen LogP contribution in [0.15, 0.2) is 49.6 Å². The number of benzene rings is 1. The number of rotatable bonds is 9. The Hall–Kier alpha value is -2.11. The van der Waals surface area contributed by atoms with E-state index < -0.39 is 0 Å². The topological polar surface area (TPSA) is 75.4 Å². The number of carbonyl (C=O) groups is 2. The zero-order valence-electron chi connectivity index (χ0n) is 14.0. The maximum absolute atomic E-state index is 12.4. The quantitative estimate of drug-likeness (QED) is 0.671. The van der Waals surface area contributed by atoms with Gasteiger partial charge in [-0.3, -0.25) is 9.59 Å². The predicted octanol–water partition coefficient (Wildman–Crippen LogP) is 2.99. The fourth-order valence-electron chi connectivity index (χ4n) is 2.01. The third-order valence-electron chi connectivity index (χ3n) is 3.23. The van der Waals surface area contributed by atoms with Gasteiger partial charge >= 0.3 is 0 Å². The molecule has 0 aromatic heterocycles. The van der Waals surface area contributed by atoms with Gasteiger partial charge in [-0.15, -0.1) is 25.6 Å². The smallest absolute Gasteiger partial charge is 0.254 e. The standard InChI is InChI=1S/C18H25N3O2.ClH/c1-4-12-21(13-5-2)18(23)15-7-9-16(10-8-15)20-17(22)11-6-14(3)19;/h4-5,7-10,14H,1-2,6,11-13,19H2,3H3,(H,20,22);1H. The first-order chi connectivity index (χ1) is 11.0. The molecular weight excluding hydrogens is 326 g/mol. The van der Waals surface area contributed by atoms with Gasteiger partial charge in [-0.05, 0) is 37.6 Å². The summed E-state index contributed by atoms with van der Waals surface area (Å²) in [5, 5.41) is 2.79. The Morgan fingerprint density at radius 1 is 1.21 bits per heavy atom. The first-order valence-electron chi connectivity index (χ1n) is 7.64. The number of hydrogen-bond acceptors (Lipinski definition) is 3. The van der Waals surface area contributed by atoms with Crippen LogP contribution in [0.3, 0.4) is 0 Å². The molecule has 1 atom stereocenters. The van der Waals surface area contributed by atoms with Gasteiger partial charge < -0.3 is 16.0 Å². The van der Waals surface area contributed by atoms with E-state index >= 15 is 0 Å². The summed E-state index contributed by atoms with van der Waals surface area (Å²) < 4.78 is 0. The molecule has 5 nitrogen and oxygen atoms in total. The van der Waals surface area contributed by atoms with Gasteiger partial charge in [0.25, 0.3) is 5.91 Å². The fourth-order valence-corrected chi connectivity index (χ4v) is 2.01. The number of hydrogen-bond donors (Lipinski definition) is 2. The Labute approximate surface area is 150 Å². The normalized spacial score (nSPS) is 10.9. The molecule has 0 bridgehead atoms. The Morgan fingerprint density at radius 2 is 1.75 bits per heavy atom. The second-order valence-electron chi connectivity index (χ2n) is 5.43. The van der Waals surface area contributed by atoms with E-state index in [9.17, 15) is 9.59 Å². The Kier molecular flexibility index (Phi) is 10.4. The number of anilines is 1. The van der Waals surface area contributed by atoms with Gasteiger partial charge in [0.15, 0.2) is 0 Å². The first-order valence-corrected chi connectivity index (χ1v) is 7.64. The molecule has 1 aromatic rings. The highest BCUT2D eigenvalue weighted by molar-refractivity contribution is 5.96. The van der Waals surface area contributed by atoms with Crippen LogP contribution >= 0.6 is 12.4 Å². The summed E-state index contributed by atoms with van der Waals surface area (Å²) >= 11 is 0. The Balaban J connectivity index is 0.00000529. The lowest BCUT2D eigenvalue weighted by Gasteiger charge is -2.19. The van der Waals surface area contributed by atoms with Gasteiger partial charge in [-0.1, -0.05) is 12.2 Å². The highest BCUT2D eigenvalue weighted by Gasteiger charge is 2.13. The maximum Gasteiger partial charge on any atom is 0.254 e. The van der Waals surface area contributed by atoms with Crippen LogP contribution in [0.1, 0.15) is 30.1 Å². The van der Waals surface area contributed by atoms with E-state index in [2.05, 4.69) is 18.5 Å². The van der Waals surface area contributed by atoms with Crippen LogP contribution in [-0.4, -0.2) is 35.8 Å². The number of halogens is 1. The SMILES string of the molecule is C=CCN(CC=C)C(=O)c1ccc(NC(=O)CCC(C)N)cc1.Cl. The molecule has 0 saturated heterocycles. The van der Waals surface area contributed by atoms with E-state index in [-0.39, 0.29) is 30.3 Å². The summed E-state index contributed by atoms with van der Waals surface area (Å²) in [6.45, 7) is 10.1. The lowest BCUT2D eigenvalue weighted by Crippen LogP contribution is -2.31. The van der Waals surface area contributed by atoms with Crippen LogP contribution in [0.5, 0.6) is 0 Å². The van der Waals surface area contributed by atoms with Crippen molar-refractivity contribution >= 4 is 29.9 Å². The van der Waals surface area contributed by atoms with E-state index in [0.29, 0.717) is 37.2 Å². The molecule has 0 radical (unpaired) electrons. The lowest BCUT2D eigenvalue weighted by atomic mass is 10.1. The molecule has 24 heavy (non-hydrogen) atoms. The highest BCUT2D eigenvalue weighted by atomic mass is 35.5. The van der Waals surface area contributed by atoms with Crippen LogP contribution in [0.25, 0.3) is 0 Å². The average molecular weight is 352 g/mol. The molecule has 6 heteroatoms. The maximum atomic E-state index is 12.4. The van der Waals surface area contributed by atoms with Gasteiger partial charge in [-0.25, -0.2) is 0 Å². The second-order valence-corrected chi connectivity index (χ2v) is 5.43. The van der Waals surface area contributed by atoms with Crippen molar-refractivity contribution in [2.75, 3.05) is 18.4 Å². The minimum atomic E-state index is -0.0976. The number of nitrogens with two attached hydrogens (primary N) is 1. The van der Waals surface area contributed by atoms with Crippen LogP contribution in [0, 0.1) is 0 Å². The molecule has 3 N–H and O–H groups in total. The van der Waals surface area contributed by atoms with Crippen molar-refractivity contribution in [2.45, 2.75) is 25.8 Å². The molecule has 0 spiro atoms. The minimum absolute atomic E-state index is 0. The summed E-state index contributed by atoms with van der Waals surface area (Å²) in [7, 11) is 0. The number of nitrogens with zero attached hydrogens (tertiary/aromatic N) is 1. The van der Waals surface area contributed by atoms with Crippen LogP contribution in [0.4, 0.5) is 5.69 Å². The molecule has 132 valence electrons. The summed E-state index contributed by atoms with van der Waals surface area (Å²) in [5.74, 6) is -0.180. The van der Waals surface area contributed by atoms with E-state index in [0.717, 1.165) is 0 Å². The molecule has 0 aliphatic rings. The summed E-state index contributed by atoms with van der Waals surface area (Å²) in [5.41, 5.74) is 6.85. The van der Waals surface area contributed by atoms with E-state index in [1.165, 1.54) is 0 Å². The lowest BCUT2D eigenvalue weighted by molar-refractivity contribution is -0.116. The highest BCUT2D eigenvalue weighted by Crippen LogP contribution is 2.12. The number of nitrogens with one attached hydrogen (secondary N) is 1. The van der Waals surface area contributed by atoms with Crippen molar-refractivity contribution < 1.29 is 9.59 Å². The van der Waals surface area contributed by atoms with Crippen LogP contribution in [0.2, 0.25) is 0 Å². The van der Waals surface area contributed by atoms with Crippen LogP contribution < -0.4 is 11.1 Å². The number of amides is 2. The molecule has 1 aromatic carbocycles. The molecule has 0 aliphatic carbocycles. The molecule has 0 fully saturated rings. The van der Waals surface area contributed by atoms with Gasteiger partial charge in [-0.2, -0.15) is 0 Å². The molecule has 1 unspecified atom stereocenters. The van der Waals surface area contributed by atoms with Gasteiger partial charge in [0, 0.05) is 36.8 Å². The van der Waals surface area contributed by atoms with E-state index in [1.54, 1.807) is 41.3 Å². The predicted molar refractivity (Wildman–Crippen MR) is 102 cm³/mol. The van der Waals surface area contributed by atoms with Crippen molar-refractivity contribution in [3.63, 3.8) is 0 Å². The van der Waals surface area contributed by atoms with Crippen molar-refractivity contribution in [3.8, 4) is 0 Å². The largest absolute Gasteiger partial charge is 0.331 e. The third kappa shape index (κ3) is 7.44. The average Bonchev–Trinajstić information content (AvgIpc) is 2.53. The van der Waals surface area contributed by atoms with Crippen molar-refractivity contribution in [1.82, 2.24) is 4.90 Å². The van der Waals surface area contributed by atoms with Gasteiger partial charge in [0.2, 0.25) is 5.91 Å². The molecule has 1 rings (SSSR count). The van der Waals surface area contributed by atoms with E-state index in [1.807, 2.05) is 6.92 Å². The molecule has 0 heterocycles. The zero-order valence-corrected chi connectivity index (χ0v) is 14.8. The first kappa shape index (κ1) is 21.9. The summed E-state index contributed by atoms with van der Waals surface area (Å²) in [4.78, 5) is 25.8. The van der Waals surface area contributed by atoms with Crippen molar-refractivity contribution in [1.29, 1.82) is 0 Å². The molecular formula is C18H26ClN3O2. The number of carbonyl (C=O) groups excluding carboxylic acids is 2. The minimum Gasteiger partial charge on any atom is -0.331 e. The molecule has 0 aliphatic heterocycles. The van der Waals surface area contributed by atoms with Crippen molar-refractivity contribution in [2.24, 2.45) is 5.73 Å². The monoisotopic (exact) mass is 351 g/mol. The molecule has 0 saturated carbocycles. The second kappa shape index (κ2) is 11.4. The van der Waals surface area contributed by atoms with Crippen molar-refractivity contribution in [3.05, 3.63) is 55.1 Å². The Morgan fingerprint density at radius 3 is 2.21 bits per heavy atom.